The summed E-state index contributed by atoms with van der Waals surface area (Å²) in [6, 6.07) is 4.14. The second-order valence-electron chi connectivity index (χ2n) is 6.23. The van der Waals surface area contributed by atoms with E-state index < -0.39 is 0 Å². The lowest BCUT2D eigenvalue weighted by Crippen LogP contribution is -2.27. The molecule has 4 N–H and O–H groups in total. The number of fused-ring (bicyclic) bond motifs is 1. The molecule has 0 spiro atoms. The topological polar surface area (TPSA) is 116 Å². The molecule has 0 bridgehead atoms. The third-order valence-corrected chi connectivity index (χ3v) is 5.07. The van der Waals surface area contributed by atoms with Crippen molar-refractivity contribution in [2.24, 2.45) is 0 Å². The fourth-order valence-electron chi connectivity index (χ4n) is 3.14. The molecule has 2 aromatic heterocycles. The maximum atomic E-state index is 6.02. The Hall–Kier alpha value is -2.94. The highest BCUT2D eigenvalue weighted by molar-refractivity contribution is 7.18. The van der Waals surface area contributed by atoms with Gasteiger partial charge in [-0.15, -0.1) is 10.2 Å². The van der Waals surface area contributed by atoms with Gasteiger partial charge in [-0.25, -0.2) is 4.98 Å². The van der Waals surface area contributed by atoms with E-state index in [0.717, 1.165) is 38.8 Å². The van der Waals surface area contributed by atoms with E-state index in [1.165, 1.54) is 11.3 Å². The lowest BCUT2D eigenvalue weighted by Gasteiger charge is -2.22. The predicted octanol–water partition coefficient (Wildman–Crippen LogP) is 2.18. The van der Waals surface area contributed by atoms with Gasteiger partial charge in [0.25, 0.3) is 0 Å². The highest BCUT2D eigenvalue weighted by atomic mass is 32.1. The lowest BCUT2D eigenvalue weighted by atomic mass is 10.0. The Labute approximate surface area is 154 Å². The molecule has 0 amide bonds. The van der Waals surface area contributed by atoms with Gasteiger partial charge in [0, 0.05) is 29.4 Å². The monoisotopic (exact) mass is 369 g/mol. The van der Waals surface area contributed by atoms with Crippen LogP contribution in [0.2, 0.25) is 0 Å². The van der Waals surface area contributed by atoms with Crippen LogP contribution in [-0.4, -0.2) is 33.3 Å². The lowest BCUT2D eigenvalue weighted by molar-refractivity contribution is 0.329. The van der Waals surface area contributed by atoms with Crippen LogP contribution in [0.4, 0.5) is 16.9 Å². The Morgan fingerprint density at radius 2 is 2.00 bits per heavy atom. The molecule has 0 saturated heterocycles. The van der Waals surface area contributed by atoms with Crippen molar-refractivity contribution in [3.05, 3.63) is 35.0 Å². The number of anilines is 3. The zero-order chi connectivity index (χ0) is 18.3. The summed E-state index contributed by atoms with van der Waals surface area (Å²) in [6.07, 6.45) is 1.75. The average molecular weight is 369 g/mol. The van der Waals surface area contributed by atoms with Gasteiger partial charge in [-0.1, -0.05) is 11.3 Å². The number of nitrogens with zero attached hydrogens (tertiary/aromatic N) is 5. The van der Waals surface area contributed by atoms with Gasteiger partial charge < -0.3 is 21.1 Å². The Morgan fingerprint density at radius 3 is 2.77 bits per heavy atom. The molecule has 0 atom stereocenters. The molecule has 134 valence electrons. The molecule has 0 fully saturated rings. The van der Waals surface area contributed by atoms with E-state index in [0.29, 0.717) is 24.8 Å². The normalized spacial score (nSPS) is 13.8. The van der Waals surface area contributed by atoms with Crippen LogP contribution in [0.25, 0.3) is 10.6 Å². The molecule has 3 aromatic rings. The van der Waals surface area contributed by atoms with Crippen molar-refractivity contribution in [1.29, 1.82) is 0 Å². The zero-order valence-corrected chi connectivity index (χ0v) is 15.4. The highest BCUT2D eigenvalue weighted by Gasteiger charge is 2.21. The predicted molar refractivity (Wildman–Crippen MR) is 102 cm³/mol. The summed E-state index contributed by atoms with van der Waals surface area (Å²) in [6.45, 7) is 5.97. The van der Waals surface area contributed by atoms with Gasteiger partial charge in [-0.2, -0.15) is 4.98 Å². The maximum Gasteiger partial charge on any atom is 0.221 e. The van der Waals surface area contributed by atoms with Crippen molar-refractivity contribution in [1.82, 2.24) is 20.2 Å². The number of aromatic nitrogens is 4. The summed E-state index contributed by atoms with van der Waals surface area (Å²) in [5.41, 5.74) is 15.6. The van der Waals surface area contributed by atoms with Gasteiger partial charge in [0.15, 0.2) is 0 Å². The SMILES string of the molecule is Cc1cnc(N)nc1N1CCOc2c(C)cc(-c3nnc(N)s3)cc2C1. The molecular formula is C17H19N7OS. The van der Waals surface area contributed by atoms with E-state index in [9.17, 15) is 0 Å². The van der Waals surface area contributed by atoms with Crippen molar-refractivity contribution >= 4 is 28.2 Å². The van der Waals surface area contributed by atoms with Gasteiger partial charge in [0.05, 0.1) is 6.54 Å². The highest BCUT2D eigenvalue weighted by Crippen LogP contribution is 2.35. The zero-order valence-electron chi connectivity index (χ0n) is 14.6. The van der Waals surface area contributed by atoms with E-state index in [2.05, 4.69) is 37.2 Å². The number of rotatable bonds is 2. The summed E-state index contributed by atoms with van der Waals surface area (Å²) in [5, 5.41) is 9.32. The molecule has 0 unspecified atom stereocenters. The minimum absolute atomic E-state index is 0.269. The van der Waals surface area contributed by atoms with Crippen molar-refractivity contribution in [3.63, 3.8) is 0 Å². The van der Waals surface area contributed by atoms with E-state index in [-0.39, 0.29) is 5.95 Å². The maximum absolute atomic E-state index is 6.02. The van der Waals surface area contributed by atoms with E-state index >= 15 is 0 Å². The van der Waals surface area contributed by atoms with Crippen molar-refractivity contribution < 1.29 is 4.74 Å². The number of benzene rings is 1. The molecule has 0 radical (unpaired) electrons. The minimum Gasteiger partial charge on any atom is -0.491 e. The van der Waals surface area contributed by atoms with Crippen molar-refractivity contribution in [3.8, 4) is 16.3 Å². The number of hydrogen-bond acceptors (Lipinski definition) is 9. The molecule has 1 aromatic carbocycles. The molecule has 1 aliphatic rings. The molecule has 3 heterocycles. The Kier molecular flexibility index (Phi) is 4.08. The summed E-state index contributed by atoms with van der Waals surface area (Å²) in [7, 11) is 0. The van der Waals surface area contributed by atoms with E-state index in [4.69, 9.17) is 16.2 Å². The number of hydrogen-bond donors (Lipinski definition) is 2. The standard InChI is InChI=1S/C17H19N7OS/c1-9-5-11(15-22-23-17(19)26-15)6-12-8-24(3-4-25-13(9)12)14-10(2)7-20-16(18)21-14/h5-7H,3-4,8H2,1-2H3,(H2,19,23)(H2,18,20,21). The van der Waals surface area contributed by atoms with Crippen LogP contribution in [0, 0.1) is 13.8 Å². The van der Waals surface area contributed by atoms with Gasteiger partial charge in [0.2, 0.25) is 11.1 Å². The fraction of sp³-hybridized carbons (Fsp3) is 0.294. The quantitative estimate of drug-likeness (QED) is 0.706. The smallest absolute Gasteiger partial charge is 0.221 e. The van der Waals surface area contributed by atoms with Crippen LogP contribution in [0.3, 0.4) is 0 Å². The minimum atomic E-state index is 0.269. The summed E-state index contributed by atoms with van der Waals surface area (Å²) >= 11 is 1.37. The third kappa shape index (κ3) is 3.01. The summed E-state index contributed by atoms with van der Waals surface area (Å²) in [4.78, 5) is 10.6. The summed E-state index contributed by atoms with van der Waals surface area (Å²) < 4.78 is 6.02. The molecule has 9 heteroatoms. The number of nitrogen functional groups attached to an aromatic ring is 2. The van der Waals surface area contributed by atoms with Crippen molar-refractivity contribution in [2.75, 3.05) is 29.5 Å². The second kappa shape index (κ2) is 6.41. The van der Waals surface area contributed by atoms with Crippen LogP contribution in [-0.2, 0) is 6.54 Å². The molecule has 1 aliphatic heterocycles. The van der Waals surface area contributed by atoms with E-state index in [1.54, 1.807) is 6.20 Å². The molecule has 4 rings (SSSR count). The molecule has 26 heavy (non-hydrogen) atoms. The first-order valence-corrected chi connectivity index (χ1v) is 9.02. The number of ether oxygens (including phenoxy) is 1. The molecule has 0 aliphatic carbocycles. The number of nitrogens with two attached hydrogens (primary N) is 2. The van der Waals surface area contributed by atoms with Crippen LogP contribution in [0.15, 0.2) is 18.3 Å². The Morgan fingerprint density at radius 1 is 1.15 bits per heavy atom. The van der Waals surface area contributed by atoms with Gasteiger partial charge in [-0.3, -0.25) is 0 Å². The molecule has 0 saturated carbocycles. The van der Waals surface area contributed by atoms with Gasteiger partial charge in [0.1, 0.15) is 23.2 Å². The van der Waals surface area contributed by atoms with Crippen molar-refractivity contribution in [2.45, 2.75) is 20.4 Å². The first-order valence-electron chi connectivity index (χ1n) is 8.21. The first-order chi connectivity index (χ1) is 12.5. The van der Waals surface area contributed by atoms with E-state index in [1.807, 2.05) is 13.8 Å². The van der Waals surface area contributed by atoms with Crippen LogP contribution in [0.5, 0.6) is 5.75 Å². The average Bonchev–Trinajstić information content (AvgIpc) is 2.92. The van der Waals surface area contributed by atoms with Crippen LogP contribution >= 0.6 is 11.3 Å². The Balaban J connectivity index is 1.75. The van der Waals surface area contributed by atoms with Crippen LogP contribution < -0.4 is 21.1 Å². The molecular weight excluding hydrogens is 350 g/mol. The fourth-order valence-corrected chi connectivity index (χ4v) is 3.73. The van der Waals surface area contributed by atoms with Crippen LogP contribution in [0.1, 0.15) is 16.7 Å². The van der Waals surface area contributed by atoms with Gasteiger partial charge >= 0.3 is 0 Å². The summed E-state index contributed by atoms with van der Waals surface area (Å²) in [5.74, 6) is 2.01. The largest absolute Gasteiger partial charge is 0.491 e. The molecule has 8 nitrogen and oxygen atoms in total. The first kappa shape index (κ1) is 16.5. The Bertz CT molecular complexity index is 972. The third-order valence-electron chi connectivity index (χ3n) is 4.27. The second-order valence-corrected chi connectivity index (χ2v) is 7.24. The van der Waals surface area contributed by atoms with Gasteiger partial charge in [-0.05, 0) is 31.5 Å². The number of aryl methyl sites for hydroxylation is 2.